The van der Waals surface area contributed by atoms with E-state index in [0.29, 0.717) is 24.7 Å². The van der Waals surface area contributed by atoms with Gasteiger partial charge < -0.3 is 19.1 Å². The van der Waals surface area contributed by atoms with Gasteiger partial charge in [0.1, 0.15) is 6.61 Å². The lowest BCUT2D eigenvalue weighted by molar-refractivity contribution is 0.188. The van der Waals surface area contributed by atoms with Gasteiger partial charge in [0, 0.05) is 24.8 Å². The number of aromatic nitrogens is 4. The quantitative estimate of drug-likeness (QED) is 0.590. The minimum atomic E-state index is 0.314. The number of likely N-dealkylation sites (N-methyl/N-ethyl adjacent to an activating group) is 1. The number of hydrogen-bond acceptors (Lipinski definition) is 7. The topological polar surface area (TPSA) is 59.3 Å². The summed E-state index contributed by atoms with van der Waals surface area (Å²) in [6.07, 6.45) is 6.25. The molecule has 0 amide bonds. The summed E-state index contributed by atoms with van der Waals surface area (Å²) in [7, 11) is 2.16. The van der Waals surface area contributed by atoms with Gasteiger partial charge in [-0.3, -0.25) is 0 Å². The van der Waals surface area contributed by atoms with Crippen LogP contribution < -0.4 is 9.64 Å². The highest BCUT2D eigenvalue weighted by Gasteiger charge is 2.28. The Kier molecular flexibility index (Phi) is 4.76. The summed E-state index contributed by atoms with van der Waals surface area (Å²) in [5.41, 5.74) is 2.14. The first-order valence-corrected chi connectivity index (χ1v) is 11.2. The fourth-order valence-corrected chi connectivity index (χ4v) is 5.66. The summed E-state index contributed by atoms with van der Waals surface area (Å²) in [5.74, 6) is 0.954. The minimum absolute atomic E-state index is 0.314. The van der Waals surface area contributed by atoms with Crippen LogP contribution in [0.4, 0.5) is 5.82 Å². The highest BCUT2D eigenvalue weighted by molar-refractivity contribution is 9.11. The van der Waals surface area contributed by atoms with Crippen LogP contribution in [0.25, 0.3) is 10.2 Å². The smallest absolute Gasteiger partial charge is 0.319 e. The van der Waals surface area contributed by atoms with Crippen LogP contribution in [0, 0.1) is 0 Å². The third-order valence-electron chi connectivity index (χ3n) is 5.78. The maximum Gasteiger partial charge on any atom is 0.319 e. The van der Waals surface area contributed by atoms with Crippen molar-refractivity contribution in [1.29, 1.82) is 0 Å². The Bertz CT molecular complexity index is 1000. The molecule has 7 nitrogen and oxygen atoms in total. The second kappa shape index (κ2) is 7.27. The van der Waals surface area contributed by atoms with Gasteiger partial charge >= 0.3 is 6.01 Å². The second-order valence-corrected chi connectivity index (χ2v) is 10.1. The summed E-state index contributed by atoms with van der Waals surface area (Å²) in [6, 6.07) is 3.28. The molecule has 5 heterocycles. The molecule has 0 aliphatic carbocycles. The highest BCUT2D eigenvalue weighted by atomic mass is 79.9. The van der Waals surface area contributed by atoms with Crippen LogP contribution in [0.1, 0.15) is 25.5 Å². The van der Waals surface area contributed by atoms with Gasteiger partial charge in [0.05, 0.1) is 32.6 Å². The van der Waals surface area contributed by atoms with Gasteiger partial charge in [-0.25, -0.2) is 4.98 Å². The Morgan fingerprint density at radius 2 is 2.25 bits per heavy atom. The predicted molar refractivity (Wildman–Crippen MR) is 114 cm³/mol. The zero-order chi connectivity index (χ0) is 19.3. The van der Waals surface area contributed by atoms with Crippen molar-refractivity contribution in [3.05, 3.63) is 28.1 Å². The van der Waals surface area contributed by atoms with Gasteiger partial charge in [0.25, 0.3) is 0 Å². The van der Waals surface area contributed by atoms with Gasteiger partial charge in [-0.15, -0.1) is 11.3 Å². The lowest BCUT2D eigenvalue weighted by atomic mass is 10.2. The molecule has 148 valence electrons. The number of rotatable bonds is 4. The maximum absolute atomic E-state index is 6.08. The van der Waals surface area contributed by atoms with Gasteiger partial charge in [0.15, 0.2) is 5.82 Å². The van der Waals surface area contributed by atoms with Crippen LogP contribution in [-0.2, 0) is 13.1 Å². The average Bonchev–Trinajstić information content (AvgIpc) is 3.37. The Hall–Kier alpha value is -1.71. The van der Waals surface area contributed by atoms with Crippen molar-refractivity contribution >= 4 is 43.3 Å². The number of fused-ring (bicyclic) bond motifs is 2. The van der Waals surface area contributed by atoms with E-state index in [2.05, 4.69) is 60.3 Å². The molecule has 1 fully saturated rings. The van der Waals surface area contributed by atoms with Crippen molar-refractivity contribution in [2.24, 2.45) is 0 Å². The van der Waals surface area contributed by atoms with Gasteiger partial charge in [-0.1, -0.05) is 0 Å². The molecule has 1 saturated heterocycles. The molecule has 5 rings (SSSR count). The summed E-state index contributed by atoms with van der Waals surface area (Å²) >= 11 is 5.29. The van der Waals surface area contributed by atoms with Crippen LogP contribution in [-0.4, -0.2) is 56.7 Å². The molecule has 28 heavy (non-hydrogen) atoms. The molecule has 0 N–H and O–H groups in total. The summed E-state index contributed by atoms with van der Waals surface area (Å²) < 4.78 is 10.5. The molecule has 2 aliphatic heterocycles. The fraction of sp³-hybridized carbons (Fsp3) is 0.526. The van der Waals surface area contributed by atoms with Crippen LogP contribution in [0.15, 0.2) is 22.4 Å². The van der Waals surface area contributed by atoms with Crippen molar-refractivity contribution in [3.63, 3.8) is 0 Å². The third kappa shape index (κ3) is 3.29. The lowest BCUT2D eigenvalue weighted by Gasteiger charge is -2.35. The summed E-state index contributed by atoms with van der Waals surface area (Å²) in [4.78, 5) is 18.5. The van der Waals surface area contributed by atoms with Crippen LogP contribution in [0.3, 0.4) is 0 Å². The van der Waals surface area contributed by atoms with Crippen LogP contribution in [0.2, 0.25) is 0 Å². The molecule has 0 saturated carbocycles. The largest absolute Gasteiger partial charge is 0.462 e. The SMILES string of the molecule is C[C@@H]1Cn2cncc2CN1c1nc(OC[C@@H]2CCCN2C)nc2cc(Br)sc12. The molecule has 0 unspecified atom stereocenters. The summed E-state index contributed by atoms with van der Waals surface area (Å²) in [6.45, 7) is 5.68. The molecule has 0 radical (unpaired) electrons. The van der Waals surface area contributed by atoms with Gasteiger partial charge in [-0.05, 0) is 55.4 Å². The zero-order valence-corrected chi connectivity index (χ0v) is 18.4. The second-order valence-electron chi connectivity index (χ2n) is 7.70. The normalized spacial score (nSPS) is 22.8. The number of thiophene rings is 1. The van der Waals surface area contributed by atoms with E-state index in [9.17, 15) is 0 Å². The van der Waals surface area contributed by atoms with E-state index in [4.69, 9.17) is 9.72 Å². The maximum atomic E-state index is 6.08. The fourth-order valence-electron chi connectivity index (χ4n) is 4.13. The Labute approximate surface area is 176 Å². The third-order valence-corrected chi connectivity index (χ3v) is 7.40. The Morgan fingerprint density at radius 3 is 3.07 bits per heavy atom. The van der Waals surface area contributed by atoms with Crippen molar-refractivity contribution < 1.29 is 4.74 Å². The molecular formula is C19H23BrN6OS. The van der Waals surface area contributed by atoms with Gasteiger partial charge in [0.2, 0.25) is 0 Å². The van der Waals surface area contributed by atoms with Gasteiger partial charge in [-0.2, -0.15) is 9.97 Å². The number of hydrogen-bond donors (Lipinski definition) is 0. The van der Waals surface area contributed by atoms with Crippen molar-refractivity contribution in [2.45, 2.75) is 44.9 Å². The monoisotopic (exact) mass is 462 g/mol. The molecular weight excluding hydrogens is 440 g/mol. The molecule has 3 aromatic heterocycles. The number of halogens is 1. The number of imidazole rings is 1. The lowest BCUT2D eigenvalue weighted by Crippen LogP contribution is -2.41. The number of likely N-dealkylation sites (tertiary alicyclic amines) is 1. The van der Waals surface area contributed by atoms with Crippen LogP contribution >= 0.6 is 27.3 Å². The van der Waals surface area contributed by atoms with E-state index in [1.165, 1.54) is 18.5 Å². The predicted octanol–water partition coefficient (Wildman–Crippen LogP) is 3.53. The summed E-state index contributed by atoms with van der Waals surface area (Å²) in [5, 5.41) is 0. The van der Waals surface area contributed by atoms with E-state index in [-0.39, 0.29) is 0 Å². The Balaban J connectivity index is 1.48. The standard InChI is InChI=1S/C19H23BrN6OS/c1-12-8-25-11-21-7-14(25)9-26(12)18-17-15(6-16(20)28-17)22-19(23-18)27-10-13-4-3-5-24(13)2/h6-7,11-13H,3-5,8-10H2,1-2H3/t12-,13+/m1/s1. The van der Waals surface area contributed by atoms with E-state index < -0.39 is 0 Å². The number of nitrogens with zero attached hydrogens (tertiary/aromatic N) is 6. The van der Waals surface area contributed by atoms with E-state index in [0.717, 1.165) is 39.5 Å². The number of ether oxygens (including phenoxy) is 1. The molecule has 3 aromatic rings. The first-order chi connectivity index (χ1) is 13.6. The number of anilines is 1. The van der Waals surface area contributed by atoms with Crippen LogP contribution in [0.5, 0.6) is 6.01 Å². The minimum Gasteiger partial charge on any atom is -0.462 e. The Morgan fingerprint density at radius 1 is 1.36 bits per heavy atom. The van der Waals surface area contributed by atoms with E-state index in [1.807, 2.05) is 12.5 Å². The molecule has 2 atom stereocenters. The molecule has 0 spiro atoms. The molecule has 2 aliphatic rings. The average molecular weight is 463 g/mol. The highest BCUT2D eigenvalue weighted by Crippen LogP contribution is 2.38. The zero-order valence-electron chi connectivity index (χ0n) is 16.0. The van der Waals surface area contributed by atoms with E-state index in [1.54, 1.807) is 11.3 Å². The van der Waals surface area contributed by atoms with Crippen molar-refractivity contribution in [1.82, 2.24) is 24.4 Å². The first kappa shape index (κ1) is 18.3. The molecule has 9 heteroatoms. The first-order valence-electron chi connectivity index (χ1n) is 9.64. The van der Waals surface area contributed by atoms with Crippen molar-refractivity contribution in [3.8, 4) is 6.01 Å². The molecule has 0 bridgehead atoms. The molecule has 0 aromatic carbocycles. The van der Waals surface area contributed by atoms with Crippen molar-refractivity contribution in [2.75, 3.05) is 25.1 Å². The van der Waals surface area contributed by atoms with E-state index >= 15 is 0 Å².